The number of amides is 1. The molecule has 4 aromatic rings. The van der Waals surface area contributed by atoms with E-state index in [1.807, 2.05) is 71.5 Å². The summed E-state index contributed by atoms with van der Waals surface area (Å²) in [5.74, 6) is 2.30. The number of aliphatic imine (C=N–C) groups is 1. The molecule has 0 N–H and O–H groups in total. The first-order chi connectivity index (χ1) is 17.7. The molecular formula is C27H25N7O2. The quantitative estimate of drug-likeness (QED) is 0.431. The Morgan fingerprint density at radius 2 is 1.86 bits per heavy atom. The Hall–Kier alpha value is -4.40. The molecule has 0 radical (unpaired) electrons. The number of nitrogens with zero attached hydrogens (tertiary/aromatic N) is 7. The monoisotopic (exact) mass is 479 g/mol. The van der Waals surface area contributed by atoms with Crippen molar-refractivity contribution >= 4 is 17.7 Å². The van der Waals surface area contributed by atoms with Crippen molar-refractivity contribution < 1.29 is 9.53 Å². The summed E-state index contributed by atoms with van der Waals surface area (Å²) in [5, 5.41) is 9.27. The van der Waals surface area contributed by atoms with Gasteiger partial charge in [-0.1, -0.05) is 30.3 Å². The summed E-state index contributed by atoms with van der Waals surface area (Å²) in [5.41, 5.74) is 2.51. The molecule has 9 nitrogen and oxygen atoms in total. The number of carbonyl (C=O) groups excluding carboxylic acids is 1. The fourth-order valence-electron chi connectivity index (χ4n) is 5.44. The van der Waals surface area contributed by atoms with E-state index >= 15 is 0 Å². The van der Waals surface area contributed by atoms with Crippen molar-refractivity contribution in [1.29, 1.82) is 0 Å². The van der Waals surface area contributed by atoms with Gasteiger partial charge in [-0.2, -0.15) is 10.2 Å². The van der Waals surface area contributed by atoms with Crippen LogP contribution in [0.3, 0.4) is 0 Å². The Kier molecular flexibility index (Phi) is 4.70. The second-order valence-corrected chi connectivity index (χ2v) is 9.42. The molecule has 1 saturated carbocycles. The first-order valence-corrected chi connectivity index (χ1v) is 12.2. The molecule has 2 atom stereocenters. The number of anilines is 1. The van der Waals surface area contributed by atoms with Crippen LogP contribution in [0.15, 0.2) is 78.0 Å². The van der Waals surface area contributed by atoms with E-state index < -0.39 is 0 Å². The number of fused-ring (bicyclic) bond motifs is 5. The second kappa shape index (κ2) is 8.08. The van der Waals surface area contributed by atoms with E-state index in [0.717, 1.165) is 30.5 Å². The van der Waals surface area contributed by atoms with Crippen LogP contribution in [-0.4, -0.2) is 55.5 Å². The first-order valence-electron chi connectivity index (χ1n) is 12.2. The molecule has 0 unspecified atom stereocenters. The standard InChI is InChI=1S/C27H25N7O2/c1-31-25(35)23-24(34-22-10-5-9-21(22)29-27(31)34)30-33(26(23)36-20-7-3-2-4-8-20)17-18-11-13-19(14-12-18)32-16-6-15-28-32/h2-4,6-8,11-16,21-22H,5,9-10,17H2,1H3/t21-,22+/m1/s1. The van der Waals surface area contributed by atoms with E-state index in [0.29, 0.717) is 35.5 Å². The van der Waals surface area contributed by atoms with E-state index in [4.69, 9.17) is 14.8 Å². The first kappa shape index (κ1) is 20.9. The number of hydrogen-bond donors (Lipinski definition) is 0. The number of para-hydroxylation sites is 1. The molecule has 0 bridgehead atoms. The summed E-state index contributed by atoms with van der Waals surface area (Å²) in [6, 6.07) is 20.0. The van der Waals surface area contributed by atoms with Gasteiger partial charge in [-0.3, -0.25) is 14.6 Å². The zero-order valence-electron chi connectivity index (χ0n) is 19.9. The summed E-state index contributed by atoms with van der Waals surface area (Å²) in [6.07, 6.45) is 6.88. The maximum atomic E-state index is 13.6. The smallest absolute Gasteiger partial charge is 0.269 e. The highest BCUT2D eigenvalue weighted by atomic mass is 16.5. The fourth-order valence-corrected chi connectivity index (χ4v) is 5.44. The molecule has 36 heavy (non-hydrogen) atoms. The summed E-state index contributed by atoms with van der Waals surface area (Å²) in [4.78, 5) is 22.3. The van der Waals surface area contributed by atoms with Crippen LogP contribution >= 0.6 is 0 Å². The lowest BCUT2D eigenvalue weighted by Gasteiger charge is -2.33. The van der Waals surface area contributed by atoms with Gasteiger partial charge >= 0.3 is 0 Å². The third-order valence-electron chi connectivity index (χ3n) is 7.20. The van der Waals surface area contributed by atoms with Crippen molar-refractivity contribution in [2.75, 3.05) is 11.9 Å². The van der Waals surface area contributed by atoms with Crippen LogP contribution in [0, 0.1) is 0 Å². The average Bonchev–Trinajstić information content (AvgIpc) is 3.69. The Morgan fingerprint density at radius 1 is 1.03 bits per heavy atom. The van der Waals surface area contributed by atoms with E-state index in [1.54, 1.807) is 22.8 Å². The number of hydrogen-bond acceptors (Lipinski definition) is 6. The minimum absolute atomic E-state index is 0.147. The maximum absolute atomic E-state index is 13.6. The zero-order valence-corrected chi connectivity index (χ0v) is 19.9. The van der Waals surface area contributed by atoms with Gasteiger partial charge in [0.05, 0.1) is 24.3 Å². The SMILES string of the molecule is CN1C(=O)c2c(nn(Cc3ccc(-n4cccn4)cc3)c2Oc2ccccc2)N2C1=N[C@@H]1CCC[C@@H]12. The molecule has 180 valence electrons. The second-order valence-electron chi connectivity index (χ2n) is 9.42. The predicted molar refractivity (Wildman–Crippen MR) is 135 cm³/mol. The number of carbonyl (C=O) groups is 1. The van der Waals surface area contributed by atoms with Gasteiger partial charge in [0.2, 0.25) is 11.8 Å². The Bertz CT molecular complexity index is 1460. The molecule has 1 amide bonds. The maximum Gasteiger partial charge on any atom is 0.269 e. The molecule has 0 spiro atoms. The summed E-state index contributed by atoms with van der Waals surface area (Å²) in [6.45, 7) is 0.458. The van der Waals surface area contributed by atoms with E-state index in [1.165, 1.54) is 0 Å². The molecule has 2 aromatic carbocycles. The van der Waals surface area contributed by atoms with Gasteiger partial charge in [-0.05, 0) is 55.2 Å². The number of benzene rings is 2. The average molecular weight is 480 g/mol. The Morgan fingerprint density at radius 3 is 2.64 bits per heavy atom. The number of rotatable bonds is 5. The molecule has 3 aliphatic rings. The lowest BCUT2D eigenvalue weighted by molar-refractivity contribution is 0.0862. The molecule has 2 aromatic heterocycles. The number of ether oxygens (including phenoxy) is 1. The molecule has 0 saturated heterocycles. The molecule has 1 aliphatic carbocycles. The van der Waals surface area contributed by atoms with Crippen LogP contribution in [0.4, 0.5) is 5.82 Å². The van der Waals surface area contributed by atoms with Gasteiger partial charge in [-0.15, -0.1) is 0 Å². The predicted octanol–water partition coefficient (Wildman–Crippen LogP) is 4.09. The normalized spacial score (nSPS) is 20.2. The van der Waals surface area contributed by atoms with Gasteiger partial charge in [0.1, 0.15) is 11.3 Å². The highest BCUT2D eigenvalue weighted by Gasteiger charge is 2.49. The molecular weight excluding hydrogens is 454 g/mol. The van der Waals surface area contributed by atoms with E-state index in [-0.39, 0.29) is 18.0 Å². The van der Waals surface area contributed by atoms with Crippen LogP contribution in [0.25, 0.3) is 5.69 Å². The zero-order chi connectivity index (χ0) is 24.2. The van der Waals surface area contributed by atoms with Crippen LogP contribution in [-0.2, 0) is 6.54 Å². The number of guanidine groups is 1. The van der Waals surface area contributed by atoms with Crippen molar-refractivity contribution in [3.8, 4) is 17.3 Å². The third-order valence-corrected chi connectivity index (χ3v) is 7.20. The van der Waals surface area contributed by atoms with E-state index in [9.17, 15) is 4.79 Å². The van der Waals surface area contributed by atoms with Crippen molar-refractivity contribution in [3.05, 3.63) is 84.2 Å². The molecule has 4 heterocycles. The lowest BCUT2D eigenvalue weighted by Crippen LogP contribution is -2.51. The molecule has 1 fully saturated rings. The van der Waals surface area contributed by atoms with Gasteiger partial charge in [-0.25, -0.2) is 14.4 Å². The van der Waals surface area contributed by atoms with Crippen LogP contribution < -0.4 is 9.64 Å². The van der Waals surface area contributed by atoms with Crippen molar-refractivity contribution in [2.45, 2.75) is 37.9 Å². The van der Waals surface area contributed by atoms with Crippen LogP contribution in [0.2, 0.25) is 0 Å². The van der Waals surface area contributed by atoms with E-state index in [2.05, 4.69) is 10.00 Å². The third kappa shape index (κ3) is 3.23. The van der Waals surface area contributed by atoms with Crippen LogP contribution in [0.1, 0.15) is 35.2 Å². The fraction of sp³-hybridized carbons (Fsp3) is 0.259. The minimum atomic E-state index is -0.147. The topological polar surface area (TPSA) is 80.8 Å². The van der Waals surface area contributed by atoms with Gasteiger partial charge < -0.3 is 4.74 Å². The van der Waals surface area contributed by atoms with Crippen molar-refractivity contribution in [3.63, 3.8) is 0 Å². The van der Waals surface area contributed by atoms with Gasteiger partial charge in [0, 0.05) is 19.4 Å². The summed E-state index contributed by atoms with van der Waals surface area (Å²) >= 11 is 0. The van der Waals surface area contributed by atoms with Crippen LogP contribution in [0.5, 0.6) is 11.6 Å². The minimum Gasteiger partial charge on any atom is -0.438 e. The summed E-state index contributed by atoms with van der Waals surface area (Å²) in [7, 11) is 1.79. The Labute approximate surface area is 208 Å². The van der Waals surface area contributed by atoms with Gasteiger partial charge in [0.25, 0.3) is 5.91 Å². The van der Waals surface area contributed by atoms with Gasteiger partial charge in [0.15, 0.2) is 5.82 Å². The molecule has 2 aliphatic heterocycles. The Balaban J connectivity index is 1.31. The highest BCUT2D eigenvalue weighted by Crippen LogP contribution is 2.43. The highest BCUT2D eigenvalue weighted by molar-refractivity contribution is 6.20. The van der Waals surface area contributed by atoms with Crippen molar-refractivity contribution in [2.24, 2.45) is 4.99 Å². The number of aromatic nitrogens is 4. The summed E-state index contributed by atoms with van der Waals surface area (Å²) < 4.78 is 9.98. The largest absolute Gasteiger partial charge is 0.438 e. The lowest BCUT2D eigenvalue weighted by atomic mass is 10.1. The molecule has 9 heteroatoms. The molecule has 7 rings (SSSR count). The van der Waals surface area contributed by atoms with Crippen molar-refractivity contribution in [1.82, 2.24) is 24.5 Å².